The van der Waals surface area contributed by atoms with Crippen LogP contribution >= 0.6 is 0 Å². The number of nitrogens with zero attached hydrogens (tertiary/aromatic N) is 3. The molecule has 2 aromatic rings. The first-order valence-corrected chi connectivity index (χ1v) is 12.1. The van der Waals surface area contributed by atoms with Crippen molar-refractivity contribution in [2.24, 2.45) is 5.11 Å². The molecule has 5 atom stereocenters. The standard InChI is InChI=1S/C22H29N3O5Si/c1-22(2,3)31(15-10-6-4-7-11-15,16-12-8-5-9-13-16)30-21-18(24-25-23)20(28)19(27)17(14-26)29-21/h4-13,17-21,26-28H,14H2,1-3H3/t17-,18-,19-,20-,21+/m1/s1. The largest absolute Gasteiger partial charge is 0.394 e. The molecule has 0 aromatic heterocycles. The van der Waals surface area contributed by atoms with Crippen LogP contribution in [0, 0.1) is 0 Å². The quantitative estimate of drug-likeness (QED) is 0.271. The highest BCUT2D eigenvalue weighted by Gasteiger charge is 2.55. The van der Waals surface area contributed by atoms with Gasteiger partial charge in [0, 0.05) is 4.91 Å². The zero-order chi connectivity index (χ0) is 22.6. The lowest BCUT2D eigenvalue weighted by Gasteiger charge is -2.48. The second kappa shape index (κ2) is 9.50. The summed E-state index contributed by atoms with van der Waals surface area (Å²) in [6.07, 6.45) is -5.06. The third-order valence-electron chi connectivity index (χ3n) is 5.74. The molecule has 0 radical (unpaired) electrons. The summed E-state index contributed by atoms with van der Waals surface area (Å²) in [5.74, 6) is 0. The van der Waals surface area contributed by atoms with Crippen molar-refractivity contribution in [3.05, 3.63) is 71.1 Å². The van der Waals surface area contributed by atoms with E-state index in [1.807, 2.05) is 60.7 Å². The molecule has 9 heteroatoms. The Morgan fingerprint density at radius 2 is 1.52 bits per heavy atom. The van der Waals surface area contributed by atoms with Crippen LogP contribution in [-0.2, 0) is 9.16 Å². The molecule has 2 aromatic carbocycles. The zero-order valence-corrected chi connectivity index (χ0v) is 18.9. The van der Waals surface area contributed by atoms with E-state index in [1.54, 1.807) is 0 Å². The maximum absolute atomic E-state index is 10.6. The maximum atomic E-state index is 10.6. The Bertz CT molecular complexity index is 863. The molecule has 8 nitrogen and oxygen atoms in total. The minimum atomic E-state index is -3.08. The lowest BCUT2D eigenvalue weighted by molar-refractivity contribution is -0.242. The number of hydrogen-bond donors (Lipinski definition) is 3. The summed E-state index contributed by atoms with van der Waals surface area (Å²) < 4.78 is 12.7. The van der Waals surface area contributed by atoms with E-state index in [4.69, 9.17) is 14.7 Å². The van der Waals surface area contributed by atoms with Crippen molar-refractivity contribution < 1.29 is 24.5 Å². The summed E-state index contributed by atoms with van der Waals surface area (Å²) in [6, 6.07) is 18.5. The van der Waals surface area contributed by atoms with Gasteiger partial charge in [-0.2, -0.15) is 0 Å². The van der Waals surface area contributed by atoms with Crippen LogP contribution < -0.4 is 10.4 Å². The number of aliphatic hydroxyl groups is 3. The second-order valence-electron chi connectivity index (χ2n) is 8.68. The Morgan fingerprint density at radius 1 is 1.00 bits per heavy atom. The Morgan fingerprint density at radius 3 is 1.94 bits per heavy atom. The van der Waals surface area contributed by atoms with Gasteiger partial charge in [0.15, 0.2) is 6.29 Å². The van der Waals surface area contributed by atoms with Gasteiger partial charge >= 0.3 is 0 Å². The first-order chi connectivity index (χ1) is 14.8. The summed E-state index contributed by atoms with van der Waals surface area (Å²) >= 11 is 0. The average molecular weight is 444 g/mol. The third-order valence-corrected chi connectivity index (χ3v) is 10.7. The van der Waals surface area contributed by atoms with Gasteiger partial charge in [-0.3, -0.25) is 0 Å². The van der Waals surface area contributed by atoms with Crippen LogP contribution in [0.3, 0.4) is 0 Å². The predicted molar refractivity (Wildman–Crippen MR) is 119 cm³/mol. The number of azide groups is 1. The zero-order valence-electron chi connectivity index (χ0n) is 17.9. The van der Waals surface area contributed by atoms with Crippen molar-refractivity contribution in [2.75, 3.05) is 6.61 Å². The lowest BCUT2D eigenvalue weighted by atomic mass is 9.98. The van der Waals surface area contributed by atoms with Gasteiger partial charge in [-0.05, 0) is 20.9 Å². The van der Waals surface area contributed by atoms with E-state index in [0.717, 1.165) is 10.4 Å². The summed E-state index contributed by atoms with van der Waals surface area (Å²) in [4.78, 5) is 2.83. The molecule has 3 rings (SSSR count). The van der Waals surface area contributed by atoms with Crippen LogP contribution in [0.1, 0.15) is 20.8 Å². The molecule has 1 aliphatic rings. The molecule has 1 fully saturated rings. The summed E-state index contributed by atoms with van der Waals surface area (Å²) in [6.45, 7) is 5.74. The predicted octanol–water partition coefficient (Wildman–Crippen LogP) is 1.68. The molecule has 0 spiro atoms. The first kappa shape index (κ1) is 23.4. The van der Waals surface area contributed by atoms with Crippen molar-refractivity contribution >= 4 is 18.7 Å². The summed E-state index contributed by atoms with van der Waals surface area (Å²) in [5, 5.41) is 35.8. The fourth-order valence-electron chi connectivity index (χ4n) is 4.21. The molecular weight excluding hydrogens is 414 g/mol. The lowest BCUT2D eigenvalue weighted by Crippen LogP contribution is -2.70. The summed E-state index contributed by atoms with van der Waals surface area (Å²) in [7, 11) is -3.08. The topological polar surface area (TPSA) is 128 Å². The minimum Gasteiger partial charge on any atom is -0.394 e. The first-order valence-electron chi connectivity index (χ1n) is 10.2. The van der Waals surface area contributed by atoms with Gasteiger partial charge in [0.05, 0.1) is 12.7 Å². The highest BCUT2D eigenvalue weighted by atomic mass is 28.4. The number of hydrogen-bond acceptors (Lipinski definition) is 6. The van der Waals surface area contributed by atoms with Gasteiger partial charge in [-0.15, -0.1) is 0 Å². The van der Waals surface area contributed by atoms with Crippen LogP contribution in [0.4, 0.5) is 0 Å². The third kappa shape index (κ3) is 4.39. The Hall–Kier alpha value is -2.23. The molecule has 0 bridgehead atoms. The van der Waals surface area contributed by atoms with E-state index >= 15 is 0 Å². The van der Waals surface area contributed by atoms with E-state index < -0.39 is 45.6 Å². The van der Waals surface area contributed by atoms with Gasteiger partial charge in [0.25, 0.3) is 8.32 Å². The van der Waals surface area contributed by atoms with Gasteiger partial charge in [0.1, 0.15) is 18.2 Å². The molecule has 0 unspecified atom stereocenters. The molecule has 1 heterocycles. The Balaban J connectivity index is 2.19. The number of rotatable bonds is 6. The maximum Gasteiger partial charge on any atom is 0.264 e. The normalized spacial score (nSPS) is 26.8. The van der Waals surface area contributed by atoms with Gasteiger partial charge in [-0.25, -0.2) is 0 Å². The molecule has 1 saturated heterocycles. The van der Waals surface area contributed by atoms with Crippen LogP contribution in [0.15, 0.2) is 65.8 Å². The Kier molecular flexibility index (Phi) is 7.18. The molecule has 3 N–H and O–H groups in total. The Labute approximate surface area is 182 Å². The van der Waals surface area contributed by atoms with Crippen molar-refractivity contribution in [3.8, 4) is 0 Å². The van der Waals surface area contributed by atoms with Crippen molar-refractivity contribution in [1.82, 2.24) is 0 Å². The van der Waals surface area contributed by atoms with E-state index in [-0.39, 0.29) is 5.04 Å². The number of aliphatic hydroxyl groups excluding tert-OH is 3. The SMILES string of the molecule is CC(C)(C)[Si](O[C@@H]1O[C@H](CO)[C@@H](O)[C@H](O)[C@H]1N=[N+]=[N-])(c1ccccc1)c1ccccc1. The highest BCUT2D eigenvalue weighted by molar-refractivity contribution is 6.99. The van der Waals surface area contributed by atoms with Crippen LogP contribution in [0.25, 0.3) is 10.4 Å². The minimum absolute atomic E-state index is 0.379. The molecule has 0 saturated carbocycles. The molecule has 31 heavy (non-hydrogen) atoms. The van der Waals surface area contributed by atoms with E-state index in [2.05, 4.69) is 30.8 Å². The molecule has 0 aliphatic carbocycles. The second-order valence-corrected chi connectivity index (χ2v) is 12.9. The fourth-order valence-corrected chi connectivity index (χ4v) is 8.77. The number of benzene rings is 2. The van der Waals surface area contributed by atoms with Gasteiger partial charge in [0.2, 0.25) is 0 Å². The highest BCUT2D eigenvalue weighted by Crippen LogP contribution is 2.39. The summed E-state index contributed by atoms with van der Waals surface area (Å²) in [5.41, 5.74) is 9.07. The van der Waals surface area contributed by atoms with Gasteiger partial charge in [-0.1, -0.05) is 86.5 Å². The van der Waals surface area contributed by atoms with Gasteiger partial charge < -0.3 is 24.5 Å². The van der Waals surface area contributed by atoms with E-state index in [1.165, 1.54) is 0 Å². The van der Waals surface area contributed by atoms with Crippen molar-refractivity contribution in [3.63, 3.8) is 0 Å². The van der Waals surface area contributed by atoms with Crippen LogP contribution in [0.5, 0.6) is 0 Å². The molecule has 0 amide bonds. The fraction of sp³-hybridized carbons (Fsp3) is 0.455. The molecule has 166 valence electrons. The van der Waals surface area contributed by atoms with Crippen molar-refractivity contribution in [2.45, 2.75) is 56.5 Å². The van der Waals surface area contributed by atoms with Crippen LogP contribution in [0.2, 0.25) is 5.04 Å². The average Bonchev–Trinajstić information content (AvgIpc) is 2.77. The van der Waals surface area contributed by atoms with E-state index in [9.17, 15) is 15.3 Å². The monoisotopic (exact) mass is 443 g/mol. The molecule has 1 aliphatic heterocycles. The van der Waals surface area contributed by atoms with Crippen molar-refractivity contribution in [1.29, 1.82) is 0 Å². The van der Waals surface area contributed by atoms with Crippen LogP contribution in [-0.4, -0.2) is 60.9 Å². The molecular formula is C22H29N3O5Si. The number of ether oxygens (including phenoxy) is 1. The smallest absolute Gasteiger partial charge is 0.264 e. The van der Waals surface area contributed by atoms with E-state index in [0.29, 0.717) is 0 Å².